The molecular formula is C14H8Br2N2O. The first-order valence-corrected chi connectivity index (χ1v) is 7.17. The van der Waals surface area contributed by atoms with Gasteiger partial charge in [-0.2, -0.15) is 0 Å². The molecular weight excluding hydrogens is 372 g/mol. The molecule has 19 heavy (non-hydrogen) atoms. The molecule has 3 rings (SSSR count). The van der Waals surface area contributed by atoms with E-state index in [1.807, 2.05) is 36.4 Å². The summed E-state index contributed by atoms with van der Waals surface area (Å²) in [5.74, 6) is 0.481. The van der Waals surface area contributed by atoms with E-state index in [4.69, 9.17) is 0 Å². The predicted octanol–water partition coefficient (Wildman–Crippen LogP) is 4.03. The number of hydrogen-bond donors (Lipinski definition) is 1. The Bertz CT molecular complexity index is 690. The summed E-state index contributed by atoms with van der Waals surface area (Å²) < 4.78 is 1.86. The second-order valence-electron chi connectivity index (χ2n) is 4.09. The molecule has 2 aromatic carbocycles. The lowest BCUT2D eigenvalue weighted by Gasteiger charge is -2.01. The molecule has 1 heterocycles. The van der Waals surface area contributed by atoms with Gasteiger partial charge in [-0.1, -0.05) is 50.1 Å². The summed E-state index contributed by atoms with van der Waals surface area (Å²) in [5, 5.41) is 2.79. The number of benzene rings is 2. The van der Waals surface area contributed by atoms with Crippen molar-refractivity contribution in [2.45, 2.75) is 0 Å². The van der Waals surface area contributed by atoms with Crippen molar-refractivity contribution >= 4 is 49.3 Å². The summed E-state index contributed by atoms with van der Waals surface area (Å²) in [7, 11) is 0. The van der Waals surface area contributed by atoms with Crippen LogP contribution >= 0.6 is 31.9 Å². The highest BCUT2D eigenvalue weighted by atomic mass is 79.9. The molecule has 0 aromatic heterocycles. The maximum absolute atomic E-state index is 11.8. The lowest BCUT2D eigenvalue weighted by atomic mass is 10.1. The van der Waals surface area contributed by atoms with Gasteiger partial charge >= 0.3 is 0 Å². The number of fused-ring (bicyclic) bond motifs is 1. The Morgan fingerprint density at radius 3 is 2.26 bits per heavy atom. The van der Waals surface area contributed by atoms with E-state index in [-0.39, 0.29) is 5.91 Å². The van der Waals surface area contributed by atoms with E-state index in [1.165, 1.54) is 0 Å². The molecule has 0 unspecified atom stereocenters. The van der Waals surface area contributed by atoms with Gasteiger partial charge in [0.1, 0.15) is 5.84 Å². The van der Waals surface area contributed by atoms with E-state index in [1.54, 1.807) is 6.07 Å². The monoisotopic (exact) mass is 378 g/mol. The number of halogens is 2. The second-order valence-corrected chi connectivity index (χ2v) is 5.92. The number of hydrogen-bond acceptors (Lipinski definition) is 2. The number of nitrogens with one attached hydrogen (secondary N) is 1. The zero-order valence-electron chi connectivity index (χ0n) is 9.65. The number of carbonyl (C=O) groups excluding carboxylic acids is 1. The molecule has 2 aromatic rings. The van der Waals surface area contributed by atoms with E-state index in [2.05, 4.69) is 42.2 Å². The number of amides is 1. The van der Waals surface area contributed by atoms with E-state index in [9.17, 15) is 4.79 Å². The highest BCUT2D eigenvalue weighted by Crippen LogP contribution is 2.26. The second kappa shape index (κ2) is 4.90. The SMILES string of the molecule is O=C1NC(=Nc2cc(Br)cc(Br)c2)c2ccccc21. The van der Waals surface area contributed by atoms with Crippen LogP contribution in [0.5, 0.6) is 0 Å². The van der Waals surface area contributed by atoms with E-state index in [0.717, 1.165) is 20.2 Å². The summed E-state index contributed by atoms with van der Waals surface area (Å²) in [4.78, 5) is 16.3. The Morgan fingerprint density at radius 2 is 1.58 bits per heavy atom. The summed E-state index contributed by atoms with van der Waals surface area (Å²) in [6.07, 6.45) is 0. The minimum atomic E-state index is -0.108. The van der Waals surface area contributed by atoms with Crippen molar-refractivity contribution in [1.82, 2.24) is 5.32 Å². The van der Waals surface area contributed by atoms with Gasteiger partial charge in [-0.15, -0.1) is 0 Å². The molecule has 0 bridgehead atoms. The lowest BCUT2D eigenvalue weighted by molar-refractivity contribution is 0.0983. The molecule has 1 aliphatic heterocycles. The van der Waals surface area contributed by atoms with Crippen LogP contribution in [0.15, 0.2) is 56.4 Å². The predicted molar refractivity (Wildman–Crippen MR) is 81.9 cm³/mol. The first-order chi connectivity index (χ1) is 9.13. The van der Waals surface area contributed by atoms with Gasteiger partial charge in [0.15, 0.2) is 0 Å². The van der Waals surface area contributed by atoms with E-state index >= 15 is 0 Å². The zero-order valence-corrected chi connectivity index (χ0v) is 12.8. The Balaban J connectivity index is 2.08. The van der Waals surface area contributed by atoms with Crippen LogP contribution in [0, 0.1) is 0 Å². The fourth-order valence-electron chi connectivity index (χ4n) is 1.95. The van der Waals surface area contributed by atoms with Gasteiger partial charge in [-0.25, -0.2) is 4.99 Å². The standard InChI is InChI=1S/C14H8Br2N2O/c15-8-5-9(16)7-10(6-8)17-13-11-3-1-2-4-12(11)14(19)18-13/h1-7H,(H,17,18,19). The van der Waals surface area contributed by atoms with Crippen LogP contribution < -0.4 is 5.32 Å². The number of rotatable bonds is 1. The molecule has 0 radical (unpaired) electrons. The van der Waals surface area contributed by atoms with Gasteiger partial charge in [-0.3, -0.25) is 4.79 Å². The van der Waals surface area contributed by atoms with Crippen LogP contribution in [0.25, 0.3) is 0 Å². The number of amidine groups is 1. The highest BCUT2D eigenvalue weighted by Gasteiger charge is 2.24. The molecule has 1 amide bonds. The average molecular weight is 380 g/mol. The van der Waals surface area contributed by atoms with Gasteiger partial charge in [0.05, 0.1) is 11.3 Å². The third kappa shape index (κ3) is 2.48. The van der Waals surface area contributed by atoms with Crippen molar-refractivity contribution in [2.24, 2.45) is 4.99 Å². The van der Waals surface area contributed by atoms with Crippen LogP contribution in [0.3, 0.4) is 0 Å². The summed E-state index contributed by atoms with van der Waals surface area (Å²) in [6, 6.07) is 13.1. The number of carbonyl (C=O) groups is 1. The Hall–Kier alpha value is -1.46. The van der Waals surface area contributed by atoms with Gasteiger partial charge in [0.25, 0.3) is 5.91 Å². The third-order valence-corrected chi connectivity index (χ3v) is 3.66. The molecule has 0 spiro atoms. The Morgan fingerprint density at radius 1 is 0.947 bits per heavy atom. The van der Waals surface area contributed by atoms with Crippen molar-refractivity contribution in [2.75, 3.05) is 0 Å². The molecule has 0 saturated heterocycles. The average Bonchev–Trinajstić information content (AvgIpc) is 2.66. The lowest BCUT2D eigenvalue weighted by Crippen LogP contribution is -2.21. The van der Waals surface area contributed by atoms with Gasteiger partial charge in [0.2, 0.25) is 0 Å². The van der Waals surface area contributed by atoms with E-state index < -0.39 is 0 Å². The minimum Gasteiger partial charge on any atom is -0.306 e. The van der Waals surface area contributed by atoms with Gasteiger partial charge in [0, 0.05) is 14.5 Å². The molecule has 0 atom stereocenters. The molecule has 94 valence electrons. The summed E-state index contributed by atoms with van der Waals surface area (Å²) >= 11 is 6.84. The molecule has 0 aliphatic carbocycles. The molecule has 1 N–H and O–H groups in total. The Labute approximate surface area is 127 Å². The maximum Gasteiger partial charge on any atom is 0.257 e. The molecule has 0 saturated carbocycles. The fourth-order valence-corrected chi connectivity index (χ4v) is 3.22. The summed E-state index contributed by atoms with van der Waals surface area (Å²) in [5.41, 5.74) is 2.27. The minimum absolute atomic E-state index is 0.108. The largest absolute Gasteiger partial charge is 0.306 e. The van der Waals surface area contributed by atoms with E-state index in [0.29, 0.717) is 11.4 Å². The van der Waals surface area contributed by atoms with Crippen molar-refractivity contribution < 1.29 is 4.79 Å². The quantitative estimate of drug-likeness (QED) is 0.798. The van der Waals surface area contributed by atoms with Crippen LogP contribution in [0.2, 0.25) is 0 Å². The maximum atomic E-state index is 11.8. The molecule has 3 nitrogen and oxygen atoms in total. The fraction of sp³-hybridized carbons (Fsp3) is 0. The van der Waals surface area contributed by atoms with Crippen molar-refractivity contribution in [3.63, 3.8) is 0 Å². The Kier molecular flexibility index (Phi) is 3.24. The van der Waals surface area contributed by atoms with Crippen molar-refractivity contribution in [1.29, 1.82) is 0 Å². The molecule has 0 fully saturated rings. The van der Waals surface area contributed by atoms with Crippen molar-refractivity contribution in [3.8, 4) is 0 Å². The highest BCUT2D eigenvalue weighted by molar-refractivity contribution is 9.11. The van der Waals surface area contributed by atoms with Crippen LogP contribution in [-0.4, -0.2) is 11.7 Å². The van der Waals surface area contributed by atoms with Gasteiger partial charge in [-0.05, 0) is 24.3 Å². The van der Waals surface area contributed by atoms with Crippen molar-refractivity contribution in [3.05, 3.63) is 62.5 Å². The van der Waals surface area contributed by atoms with Gasteiger partial charge < -0.3 is 5.32 Å². The van der Waals surface area contributed by atoms with Crippen LogP contribution in [0.1, 0.15) is 15.9 Å². The first kappa shape index (κ1) is 12.6. The molecule has 5 heteroatoms. The number of aliphatic imine (C=N–C) groups is 1. The molecule has 1 aliphatic rings. The topological polar surface area (TPSA) is 41.5 Å². The third-order valence-electron chi connectivity index (χ3n) is 2.75. The smallest absolute Gasteiger partial charge is 0.257 e. The van der Waals surface area contributed by atoms with Crippen LogP contribution in [-0.2, 0) is 0 Å². The van der Waals surface area contributed by atoms with Crippen LogP contribution in [0.4, 0.5) is 5.69 Å². The summed E-state index contributed by atoms with van der Waals surface area (Å²) in [6.45, 7) is 0. The first-order valence-electron chi connectivity index (χ1n) is 5.59. The normalized spacial score (nSPS) is 15.5. The zero-order chi connectivity index (χ0) is 13.4. The number of nitrogens with zero attached hydrogens (tertiary/aromatic N) is 1.